The zero-order valence-corrected chi connectivity index (χ0v) is 14.6. The number of hydrogen-bond donors (Lipinski definition) is 1. The molecule has 0 aliphatic carbocycles. The number of nitrogens with zero attached hydrogens (tertiary/aromatic N) is 2. The summed E-state index contributed by atoms with van der Waals surface area (Å²) in [6.07, 6.45) is 0.452. The van der Waals surface area contributed by atoms with Gasteiger partial charge in [0.05, 0.1) is 17.5 Å². The summed E-state index contributed by atoms with van der Waals surface area (Å²) in [6.45, 7) is 0.575. The maximum atomic E-state index is 12.8. The minimum absolute atomic E-state index is 0.0912. The molecule has 8 nitrogen and oxygen atoms in total. The average Bonchev–Trinajstić information content (AvgIpc) is 3.17. The number of hydrogen-bond acceptors (Lipinski definition) is 5. The van der Waals surface area contributed by atoms with Crippen LogP contribution in [0.5, 0.6) is 0 Å². The Morgan fingerprint density at radius 3 is 2.68 bits per heavy atom. The van der Waals surface area contributed by atoms with Gasteiger partial charge in [-0.25, -0.2) is 13.2 Å². The molecule has 0 aromatic heterocycles. The lowest BCUT2D eigenvalue weighted by Crippen LogP contribution is -2.40. The van der Waals surface area contributed by atoms with E-state index in [1.165, 1.54) is 22.4 Å². The molecule has 2 heterocycles. The van der Waals surface area contributed by atoms with E-state index in [4.69, 9.17) is 4.74 Å². The Labute approximate surface area is 146 Å². The molecule has 2 fully saturated rings. The first-order valence-corrected chi connectivity index (χ1v) is 9.61. The standard InChI is InChI=1S/C16H20N2O6S/c1-24-13-9-14(16(20)21)17(10-13)15(19)11-4-2-5-12(8-11)18-6-3-7-25(18,22)23/h2,4-5,8,13-14H,3,6-7,9-10H2,1H3,(H,20,21). The molecule has 0 spiro atoms. The number of benzene rings is 1. The highest BCUT2D eigenvalue weighted by atomic mass is 32.2. The van der Waals surface area contributed by atoms with Crippen molar-refractivity contribution < 1.29 is 27.9 Å². The number of carboxylic acids is 1. The van der Waals surface area contributed by atoms with Crippen LogP contribution in [0, 0.1) is 0 Å². The Bertz CT molecular complexity index is 794. The van der Waals surface area contributed by atoms with E-state index in [-0.39, 0.29) is 30.4 Å². The number of methoxy groups -OCH3 is 1. The van der Waals surface area contributed by atoms with Gasteiger partial charge in [-0.2, -0.15) is 0 Å². The first kappa shape index (κ1) is 17.7. The summed E-state index contributed by atoms with van der Waals surface area (Å²) in [5.41, 5.74) is 0.695. The monoisotopic (exact) mass is 368 g/mol. The van der Waals surface area contributed by atoms with Crippen LogP contribution in [0.2, 0.25) is 0 Å². The summed E-state index contributed by atoms with van der Waals surface area (Å²) in [5.74, 6) is -1.43. The van der Waals surface area contributed by atoms with Gasteiger partial charge in [0.25, 0.3) is 5.91 Å². The van der Waals surface area contributed by atoms with Gasteiger partial charge >= 0.3 is 5.97 Å². The van der Waals surface area contributed by atoms with Crippen molar-refractivity contribution in [1.82, 2.24) is 4.90 Å². The van der Waals surface area contributed by atoms with Crippen molar-refractivity contribution in [3.05, 3.63) is 29.8 Å². The summed E-state index contributed by atoms with van der Waals surface area (Å²) in [5, 5.41) is 9.35. The molecule has 2 aliphatic heterocycles. The van der Waals surface area contributed by atoms with Crippen molar-refractivity contribution in [2.24, 2.45) is 0 Å². The lowest BCUT2D eigenvalue weighted by molar-refractivity contribution is -0.141. The Balaban J connectivity index is 1.88. The normalized spacial score (nSPS) is 25.3. The van der Waals surface area contributed by atoms with Gasteiger partial charge in [0, 0.05) is 32.2 Å². The molecule has 3 rings (SSSR count). The van der Waals surface area contributed by atoms with Crippen LogP contribution in [0.25, 0.3) is 0 Å². The minimum atomic E-state index is -3.34. The topological polar surface area (TPSA) is 104 Å². The molecular formula is C16H20N2O6S. The van der Waals surface area contributed by atoms with Gasteiger partial charge in [-0.15, -0.1) is 0 Å². The average molecular weight is 368 g/mol. The third kappa shape index (κ3) is 3.34. The van der Waals surface area contributed by atoms with Crippen molar-refractivity contribution in [1.29, 1.82) is 0 Å². The molecular weight excluding hydrogens is 348 g/mol. The van der Waals surface area contributed by atoms with Gasteiger partial charge in [0.2, 0.25) is 10.0 Å². The van der Waals surface area contributed by atoms with Crippen LogP contribution in [-0.2, 0) is 19.6 Å². The number of carbonyl (C=O) groups excluding carboxylic acids is 1. The van der Waals surface area contributed by atoms with Crippen molar-refractivity contribution in [2.75, 3.05) is 30.3 Å². The van der Waals surface area contributed by atoms with E-state index in [1.807, 2.05) is 0 Å². The molecule has 1 aromatic rings. The number of sulfonamides is 1. The van der Waals surface area contributed by atoms with Crippen LogP contribution in [0.3, 0.4) is 0 Å². The molecule has 136 valence electrons. The second-order valence-electron chi connectivity index (χ2n) is 6.20. The van der Waals surface area contributed by atoms with Gasteiger partial charge < -0.3 is 14.7 Å². The summed E-state index contributed by atoms with van der Waals surface area (Å²) in [4.78, 5) is 25.5. The van der Waals surface area contributed by atoms with Crippen molar-refractivity contribution >= 4 is 27.6 Å². The smallest absolute Gasteiger partial charge is 0.326 e. The van der Waals surface area contributed by atoms with Gasteiger partial charge in [0.15, 0.2) is 0 Å². The number of aliphatic carboxylic acids is 1. The van der Waals surface area contributed by atoms with Gasteiger partial charge in [-0.3, -0.25) is 9.10 Å². The molecule has 2 atom stereocenters. The molecule has 2 saturated heterocycles. The highest BCUT2D eigenvalue weighted by Crippen LogP contribution is 2.27. The molecule has 9 heteroatoms. The summed E-state index contributed by atoms with van der Waals surface area (Å²) >= 11 is 0. The Morgan fingerprint density at radius 2 is 2.08 bits per heavy atom. The van der Waals surface area contributed by atoms with Gasteiger partial charge in [-0.05, 0) is 24.6 Å². The van der Waals surface area contributed by atoms with Crippen molar-refractivity contribution in [3.63, 3.8) is 0 Å². The summed E-state index contributed by atoms with van der Waals surface area (Å²) in [7, 11) is -1.86. The number of anilines is 1. The van der Waals surface area contributed by atoms with E-state index in [0.29, 0.717) is 18.7 Å². The van der Waals surface area contributed by atoms with Crippen LogP contribution in [-0.4, -0.2) is 68.4 Å². The molecule has 0 saturated carbocycles. The SMILES string of the molecule is COC1CC(C(=O)O)N(C(=O)c2cccc(N3CCCS3(=O)=O)c2)C1. The fraction of sp³-hybridized carbons (Fsp3) is 0.500. The highest BCUT2D eigenvalue weighted by molar-refractivity contribution is 7.93. The van der Waals surface area contributed by atoms with Gasteiger partial charge in [-0.1, -0.05) is 6.07 Å². The molecule has 2 unspecified atom stereocenters. The minimum Gasteiger partial charge on any atom is -0.480 e. The Hall–Kier alpha value is -2.13. The van der Waals surface area contributed by atoms with Crippen molar-refractivity contribution in [2.45, 2.75) is 25.0 Å². The van der Waals surface area contributed by atoms with Crippen molar-refractivity contribution in [3.8, 4) is 0 Å². The molecule has 1 N–H and O–H groups in total. The largest absolute Gasteiger partial charge is 0.480 e. The molecule has 1 aromatic carbocycles. The number of ether oxygens (including phenoxy) is 1. The zero-order valence-electron chi connectivity index (χ0n) is 13.8. The molecule has 25 heavy (non-hydrogen) atoms. The van der Waals surface area contributed by atoms with Gasteiger partial charge in [0.1, 0.15) is 6.04 Å². The second kappa shape index (κ2) is 6.64. The molecule has 0 radical (unpaired) electrons. The highest BCUT2D eigenvalue weighted by Gasteiger charge is 2.40. The van der Waals surface area contributed by atoms with E-state index >= 15 is 0 Å². The van der Waals surface area contributed by atoms with Crippen LogP contribution in [0.15, 0.2) is 24.3 Å². The third-order valence-corrected chi connectivity index (χ3v) is 6.49. The number of rotatable bonds is 4. The Kier molecular flexibility index (Phi) is 4.70. The first-order valence-electron chi connectivity index (χ1n) is 8.00. The predicted octanol–water partition coefficient (Wildman–Crippen LogP) is 0.541. The van der Waals surface area contributed by atoms with E-state index in [0.717, 1.165) is 0 Å². The number of amides is 1. The maximum Gasteiger partial charge on any atom is 0.326 e. The molecule has 2 aliphatic rings. The van der Waals surface area contributed by atoms with Crippen LogP contribution < -0.4 is 4.31 Å². The molecule has 1 amide bonds. The van der Waals surface area contributed by atoms with E-state index in [9.17, 15) is 23.1 Å². The summed E-state index contributed by atoms with van der Waals surface area (Å²) < 4.78 is 30.6. The summed E-state index contributed by atoms with van der Waals surface area (Å²) in [6, 6.07) is 5.36. The zero-order chi connectivity index (χ0) is 18.2. The fourth-order valence-corrected chi connectivity index (χ4v) is 4.87. The van der Waals surface area contributed by atoms with Crippen LogP contribution >= 0.6 is 0 Å². The quantitative estimate of drug-likeness (QED) is 0.832. The van der Waals surface area contributed by atoms with Crippen LogP contribution in [0.1, 0.15) is 23.2 Å². The predicted molar refractivity (Wildman–Crippen MR) is 90.1 cm³/mol. The number of carboxylic acid groups (broad SMARTS) is 1. The Morgan fingerprint density at radius 1 is 1.32 bits per heavy atom. The maximum absolute atomic E-state index is 12.8. The number of carbonyl (C=O) groups is 2. The number of likely N-dealkylation sites (tertiary alicyclic amines) is 1. The first-order chi connectivity index (χ1) is 11.8. The van der Waals surface area contributed by atoms with E-state index in [2.05, 4.69) is 0 Å². The second-order valence-corrected chi connectivity index (χ2v) is 8.21. The third-order valence-electron chi connectivity index (χ3n) is 4.62. The van der Waals surface area contributed by atoms with Crippen LogP contribution in [0.4, 0.5) is 5.69 Å². The lowest BCUT2D eigenvalue weighted by Gasteiger charge is -2.22. The van der Waals surface area contributed by atoms with E-state index in [1.54, 1.807) is 18.2 Å². The fourth-order valence-electron chi connectivity index (χ4n) is 3.32. The molecule has 0 bridgehead atoms. The van der Waals surface area contributed by atoms with E-state index < -0.39 is 27.9 Å². The lowest BCUT2D eigenvalue weighted by atomic mass is 10.1.